The first-order valence-electron chi connectivity index (χ1n) is 6.71. The Kier molecular flexibility index (Phi) is 4.64. The van der Waals surface area contributed by atoms with E-state index in [1.165, 1.54) is 23.0 Å². The van der Waals surface area contributed by atoms with Crippen LogP contribution in [0, 0.1) is 0 Å². The van der Waals surface area contributed by atoms with Crippen LogP contribution < -0.4 is 10.3 Å². The topological polar surface area (TPSA) is 56.5 Å². The zero-order valence-electron chi connectivity index (χ0n) is 11.9. The number of benzene rings is 1. The summed E-state index contributed by atoms with van der Waals surface area (Å²) in [5.74, 6) is -0.0237. The minimum atomic E-state index is -2.62. The Morgan fingerprint density at radius 1 is 1.12 bits per heavy atom. The first-order chi connectivity index (χ1) is 11.5. The van der Waals surface area contributed by atoms with Crippen LogP contribution in [0.3, 0.4) is 0 Å². The van der Waals surface area contributed by atoms with Gasteiger partial charge in [-0.25, -0.2) is 13.3 Å². The van der Waals surface area contributed by atoms with Crippen molar-refractivity contribution >= 4 is 28.7 Å². The lowest BCUT2D eigenvalue weighted by molar-refractivity contribution is 0.0789. The molecule has 0 spiro atoms. The van der Waals surface area contributed by atoms with Crippen molar-refractivity contribution in [2.75, 3.05) is 6.61 Å². The van der Waals surface area contributed by atoms with E-state index in [2.05, 4.69) is 10.1 Å². The largest absolute Gasteiger partial charge is 0.471 e. The molecule has 2 aromatic heterocycles. The van der Waals surface area contributed by atoms with Crippen molar-refractivity contribution in [3.05, 3.63) is 57.1 Å². The van der Waals surface area contributed by atoms with Gasteiger partial charge < -0.3 is 4.74 Å². The molecule has 0 bridgehead atoms. The molecule has 2 heterocycles. The van der Waals surface area contributed by atoms with Gasteiger partial charge in [-0.05, 0) is 18.2 Å². The zero-order valence-corrected chi connectivity index (χ0v) is 13.4. The summed E-state index contributed by atoms with van der Waals surface area (Å²) >= 11 is 12.3. The van der Waals surface area contributed by atoms with Gasteiger partial charge in [0.15, 0.2) is 6.61 Å². The molecule has 0 N–H and O–H groups in total. The molecule has 124 valence electrons. The molecular weight excluding hydrogens is 363 g/mol. The number of aromatic nitrogens is 3. The van der Waals surface area contributed by atoms with E-state index in [4.69, 9.17) is 27.9 Å². The first-order valence-corrected chi connectivity index (χ1v) is 7.47. The predicted molar refractivity (Wildman–Crippen MR) is 86.2 cm³/mol. The lowest BCUT2D eigenvalue weighted by Gasteiger charge is -2.11. The molecule has 0 atom stereocenters. The van der Waals surface area contributed by atoms with Crippen molar-refractivity contribution < 1.29 is 13.5 Å². The molecule has 9 heteroatoms. The molecule has 0 saturated carbocycles. The monoisotopic (exact) mass is 371 g/mol. The second-order valence-corrected chi connectivity index (χ2v) is 5.54. The van der Waals surface area contributed by atoms with Crippen LogP contribution in [0.5, 0.6) is 5.88 Å². The average Bonchev–Trinajstić information content (AvgIpc) is 2.54. The van der Waals surface area contributed by atoms with Gasteiger partial charge in [0, 0.05) is 11.6 Å². The second-order valence-electron chi connectivity index (χ2n) is 4.72. The number of nitrogens with zero attached hydrogens (tertiary/aromatic N) is 3. The van der Waals surface area contributed by atoms with Gasteiger partial charge in [0.2, 0.25) is 5.88 Å². The summed E-state index contributed by atoms with van der Waals surface area (Å²) in [5.41, 5.74) is 0.336. The number of fused-ring (bicyclic) bond motifs is 1. The van der Waals surface area contributed by atoms with Gasteiger partial charge in [-0.15, -0.1) is 5.10 Å². The molecule has 0 fully saturated rings. The fraction of sp³-hybridized carbons (Fsp3) is 0.133. The smallest absolute Gasteiger partial charge is 0.281 e. The van der Waals surface area contributed by atoms with Gasteiger partial charge in [-0.3, -0.25) is 4.79 Å². The highest BCUT2D eigenvalue weighted by atomic mass is 35.5. The molecule has 0 aliphatic carbocycles. The van der Waals surface area contributed by atoms with Crippen LogP contribution >= 0.6 is 23.2 Å². The van der Waals surface area contributed by atoms with Crippen molar-refractivity contribution in [3.8, 4) is 17.0 Å². The highest BCUT2D eigenvalue weighted by Crippen LogP contribution is 2.34. The molecule has 0 saturated heterocycles. The summed E-state index contributed by atoms with van der Waals surface area (Å²) in [6.07, 6.45) is -1.45. The van der Waals surface area contributed by atoms with E-state index in [1.54, 1.807) is 18.2 Å². The molecule has 3 aromatic rings. The molecule has 0 amide bonds. The van der Waals surface area contributed by atoms with Gasteiger partial charge in [0.05, 0.1) is 21.1 Å². The minimum Gasteiger partial charge on any atom is -0.471 e. The van der Waals surface area contributed by atoms with Crippen LogP contribution in [-0.2, 0) is 0 Å². The lowest BCUT2D eigenvalue weighted by Crippen LogP contribution is -2.15. The summed E-state index contributed by atoms with van der Waals surface area (Å²) in [4.78, 5) is 16.0. The fourth-order valence-corrected chi connectivity index (χ4v) is 2.77. The van der Waals surface area contributed by atoms with E-state index in [-0.39, 0.29) is 21.5 Å². The fourth-order valence-electron chi connectivity index (χ4n) is 2.18. The molecule has 24 heavy (non-hydrogen) atoms. The number of halogens is 4. The summed E-state index contributed by atoms with van der Waals surface area (Å²) < 4.78 is 30.5. The maximum absolute atomic E-state index is 12.2. The Labute approximate surface area is 144 Å². The Hall–Kier alpha value is -2.25. The summed E-state index contributed by atoms with van der Waals surface area (Å²) in [7, 11) is 0. The van der Waals surface area contributed by atoms with E-state index in [0.717, 1.165) is 0 Å². The third kappa shape index (κ3) is 3.18. The number of ether oxygens (including phenoxy) is 1. The summed E-state index contributed by atoms with van der Waals surface area (Å²) in [5, 5.41) is 4.58. The van der Waals surface area contributed by atoms with E-state index < -0.39 is 18.6 Å². The van der Waals surface area contributed by atoms with Crippen LogP contribution in [0.25, 0.3) is 16.6 Å². The maximum atomic E-state index is 12.2. The van der Waals surface area contributed by atoms with Crippen molar-refractivity contribution in [1.82, 2.24) is 14.6 Å². The highest BCUT2D eigenvalue weighted by Gasteiger charge is 2.17. The van der Waals surface area contributed by atoms with Crippen molar-refractivity contribution in [3.63, 3.8) is 0 Å². The third-order valence-corrected chi connectivity index (χ3v) is 3.79. The summed E-state index contributed by atoms with van der Waals surface area (Å²) in [6.45, 7) is -0.782. The predicted octanol–water partition coefficient (Wildman–Crippen LogP) is 3.71. The average molecular weight is 372 g/mol. The van der Waals surface area contributed by atoms with Gasteiger partial charge in [0.25, 0.3) is 12.0 Å². The van der Waals surface area contributed by atoms with Gasteiger partial charge >= 0.3 is 0 Å². The Balaban J connectivity index is 2.18. The molecule has 0 aliphatic heterocycles. The van der Waals surface area contributed by atoms with Crippen LogP contribution in [0.1, 0.15) is 0 Å². The van der Waals surface area contributed by atoms with Gasteiger partial charge in [-0.1, -0.05) is 29.3 Å². The Morgan fingerprint density at radius 3 is 2.50 bits per heavy atom. The number of rotatable bonds is 4. The van der Waals surface area contributed by atoms with Crippen molar-refractivity contribution in [2.24, 2.45) is 0 Å². The van der Waals surface area contributed by atoms with Crippen molar-refractivity contribution in [1.29, 1.82) is 0 Å². The molecular formula is C15H9Cl2F2N3O2. The minimum absolute atomic E-state index is 0.0237. The summed E-state index contributed by atoms with van der Waals surface area (Å²) in [6, 6.07) is 7.73. The first kappa shape index (κ1) is 16.6. The van der Waals surface area contributed by atoms with E-state index >= 15 is 0 Å². The Morgan fingerprint density at radius 2 is 1.83 bits per heavy atom. The Bertz CT molecular complexity index is 943. The zero-order chi connectivity index (χ0) is 17.3. The van der Waals surface area contributed by atoms with Crippen LogP contribution in [0.15, 0.2) is 41.5 Å². The van der Waals surface area contributed by atoms with Gasteiger partial charge in [-0.2, -0.15) is 4.98 Å². The normalized spacial score (nSPS) is 11.2. The van der Waals surface area contributed by atoms with E-state index in [0.29, 0.717) is 11.1 Å². The standard InChI is InChI=1S/C15H9Cl2F2N3O2/c16-8-2-1-3-9(17)13(8)14-10-4-5-12(24-6-11(18)19)21-22(10)7-20-15(14)23/h1-5,7,11H,6H2. The third-order valence-electron chi connectivity index (χ3n) is 3.16. The number of hydrogen-bond acceptors (Lipinski definition) is 4. The number of hydrogen-bond donors (Lipinski definition) is 0. The molecule has 0 unspecified atom stereocenters. The van der Waals surface area contributed by atoms with Gasteiger partial charge in [0.1, 0.15) is 6.33 Å². The SMILES string of the molecule is O=c1ncn2nc(OCC(F)F)ccc2c1-c1c(Cl)cccc1Cl. The second kappa shape index (κ2) is 6.70. The molecule has 5 nitrogen and oxygen atoms in total. The highest BCUT2D eigenvalue weighted by molar-refractivity contribution is 6.39. The quantitative estimate of drug-likeness (QED) is 0.701. The molecule has 1 aromatic carbocycles. The van der Waals surface area contributed by atoms with Crippen LogP contribution in [0.2, 0.25) is 10.0 Å². The van der Waals surface area contributed by atoms with Crippen molar-refractivity contribution in [2.45, 2.75) is 6.43 Å². The number of alkyl halides is 2. The maximum Gasteiger partial charge on any atom is 0.281 e. The van der Waals surface area contributed by atoms with Crippen LogP contribution in [0.4, 0.5) is 8.78 Å². The van der Waals surface area contributed by atoms with E-state index in [9.17, 15) is 13.6 Å². The van der Waals surface area contributed by atoms with E-state index in [1.807, 2.05) is 0 Å². The molecule has 0 aliphatic rings. The van der Waals surface area contributed by atoms with Crippen LogP contribution in [-0.4, -0.2) is 27.6 Å². The lowest BCUT2D eigenvalue weighted by atomic mass is 10.1. The molecule has 0 radical (unpaired) electrons. The molecule has 3 rings (SSSR count).